The average Bonchev–Trinajstić information content (AvgIpc) is 2.77. The van der Waals surface area contributed by atoms with E-state index in [1.54, 1.807) is 0 Å². The topological polar surface area (TPSA) is 15.3 Å². The van der Waals surface area contributed by atoms with Gasteiger partial charge >= 0.3 is 0 Å². The smallest absolute Gasteiger partial charge is 0.0207 e. The van der Waals surface area contributed by atoms with E-state index in [-0.39, 0.29) is 0 Å². The van der Waals surface area contributed by atoms with E-state index < -0.39 is 0 Å². The number of thiophene rings is 1. The molecule has 0 saturated carbocycles. The normalized spacial score (nSPS) is 23.1. The van der Waals surface area contributed by atoms with Gasteiger partial charge in [0.05, 0.1) is 0 Å². The van der Waals surface area contributed by atoms with Crippen molar-refractivity contribution >= 4 is 11.3 Å². The maximum atomic E-state index is 3.62. The Morgan fingerprint density at radius 2 is 2.57 bits per heavy atom. The third-order valence-electron chi connectivity index (χ3n) is 2.78. The van der Waals surface area contributed by atoms with Crippen molar-refractivity contribution in [3.63, 3.8) is 0 Å². The third kappa shape index (κ3) is 2.80. The van der Waals surface area contributed by atoms with Crippen molar-refractivity contribution < 1.29 is 0 Å². The first-order valence-electron chi connectivity index (χ1n) is 5.29. The van der Waals surface area contributed by atoms with Crippen LogP contribution in [0.2, 0.25) is 0 Å². The number of nitrogens with zero attached hydrogens (tertiary/aromatic N) is 1. The molecule has 1 N–H and O–H groups in total. The number of likely N-dealkylation sites (tertiary alicyclic amines) is 1. The maximum Gasteiger partial charge on any atom is 0.0207 e. The molecule has 3 heteroatoms. The lowest BCUT2D eigenvalue weighted by molar-refractivity contribution is 0.399. The van der Waals surface area contributed by atoms with E-state index in [0.29, 0.717) is 0 Å². The molecule has 1 aliphatic rings. The molecular formula is C11H18N2S. The van der Waals surface area contributed by atoms with Gasteiger partial charge in [-0.15, -0.1) is 11.3 Å². The van der Waals surface area contributed by atoms with Crippen molar-refractivity contribution in [3.8, 4) is 0 Å². The molecule has 1 unspecified atom stereocenters. The fourth-order valence-corrected chi connectivity index (χ4v) is 2.66. The van der Waals surface area contributed by atoms with Gasteiger partial charge in [0.25, 0.3) is 0 Å². The third-order valence-corrected chi connectivity index (χ3v) is 3.71. The molecule has 2 nitrogen and oxygen atoms in total. The van der Waals surface area contributed by atoms with Gasteiger partial charge in [0.2, 0.25) is 0 Å². The molecule has 0 bridgehead atoms. The van der Waals surface area contributed by atoms with Crippen LogP contribution in [0, 0.1) is 0 Å². The highest BCUT2D eigenvalue weighted by Crippen LogP contribution is 2.09. The number of hydrogen-bond acceptors (Lipinski definition) is 3. The van der Waals surface area contributed by atoms with Crippen LogP contribution >= 0.6 is 11.3 Å². The Morgan fingerprint density at radius 3 is 3.21 bits per heavy atom. The van der Waals surface area contributed by atoms with Crippen LogP contribution in [0.25, 0.3) is 0 Å². The molecule has 14 heavy (non-hydrogen) atoms. The molecule has 1 fully saturated rings. The number of hydrogen-bond donors (Lipinski definition) is 1. The van der Waals surface area contributed by atoms with Gasteiger partial charge in [-0.2, -0.15) is 0 Å². The second-order valence-corrected chi connectivity index (χ2v) is 5.06. The summed E-state index contributed by atoms with van der Waals surface area (Å²) in [5.41, 5.74) is 0. The Bertz CT molecular complexity index is 258. The summed E-state index contributed by atoms with van der Waals surface area (Å²) in [7, 11) is 2.20. The Kier molecular flexibility index (Phi) is 3.56. The molecule has 0 amide bonds. The standard InChI is InChI=1S/C11H18N2S/c1-13-7-5-10(9-13)12-6-4-11-3-2-8-14-11/h2-3,8,10,12H,4-7,9H2,1H3. The van der Waals surface area contributed by atoms with Gasteiger partial charge in [0, 0.05) is 24.0 Å². The van der Waals surface area contributed by atoms with Crippen molar-refractivity contribution in [2.24, 2.45) is 0 Å². The zero-order valence-corrected chi connectivity index (χ0v) is 9.52. The van der Waals surface area contributed by atoms with Crippen LogP contribution in [-0.2, 0) is 6.42 Å². The van der Waals surface area contributed by atoms with E-state index in [9.17, 15) is 0 Å². The van der Waals surface area contributed by atoms with E-state index in [1.807, 2.05) is 11.3 Å². The van der Waals surface area contributed by atoms with Gasteiger partial charge in [-0.25, -0.2) is 0 Å². The predicted octanol–water partition coefficient (Wildman–Crippen LogP) is 1.58. The molecule has 0 radical (unpaired) electrons. The molecule has 0 aliphatic carbocycles. The molecule has 1 atom stereocenters. The van der Waals surface area contributed by atoms with Crippen LogP contribution in [0.3, 0.4) is 0 Å². The summed E-state index contributed by atoms with van der Waals surface area (Å²) in [5, 5.41) is 5.77. The second-order valence-electron chi connectivity index (χ2n) is 4.03. The summed E-state index contributed by atoms with van der Waals surface area (Å²) in [6.45, 7) is 3.58. The predicted molar refractivity (Wildman–Crippen MR) is 61.9 cm³/mol. The largest absolute Gasteiger partial charge is 0.312 e. The van der Waals surface area contributed by atoms with E-state index in [2.05, 4.69) is 34.8 Å². The monoisotopic (exact) mass is 210 g/mol. The molecule has 0 spiro atoms. The highest BCUT2D eigenvalue weighted by atomic mass is 32.1. The molecule has 1 aliphatic heterocycles. The Hall–Kier alpha value is -0.380. The van der Waals surface area contributed by atoms with Gasteiger partial charge in [-0.1, -0.05) is 6.07 Å². The highest BCUT2D eigenvalue weighted by Gasteiger charge is 2.17. The van der Waals surface area contributed by atoms with Crippen molar-refractivity contribution in [1.82, 2.24) is 10.2 Å². The first-order chi connectivity index (χ1) is 6.84. The molecule has 1 aromatic rings. The lowest BCUT2D eigenvalue weighted by Gasteiger charge is -2.11. The first-order valence-corrected chi connectivity index (χ1v) is 6.17. The molecule has 2 heterocycles. The van der Waals surface area contributed by atoms with E-state index >= 15 is 0 Å². The lowest BCUT2D eigenvalue weighted by atomic mass is 10.2. The lowest BCUT2D eigenvalue weighted by Crippen LogP contribution is -2.32. The summed E-state index contributed by atoms with van der Waals surface area (Å²) in [5.74, 6) is 0. The van der Waals surface area contributed by atoms with Gasteiger partial charge in [-0.05, 0) is 37.9 Å². The van der Waals surface area contributed by atoms with E-state index in [4.69, 9.17) is 0 Å². The highest BCUT2D eigenvalue weighted by molar-refractivity contribution is 7.09. The molecule has 0 aromatic carbocycles. The number of nitrogens with one attached hydrogen (secondary N) is 1. The van der Waals surface area contributed by atoms with Gasteiger partial charge in [-0.3, -0.25) is 0 Å². The van der Waals surface area contributed by atoms with Gasteiger partial charge in [0.15, 0.2) is 0 Å². The molecule has 2 rings (SSSR count). The van der Waals surface area contributed by atoms with Gasteiger partial charge < -0.3 is 10.2 Å². The van der Waals surface area contributed by atoms with Crippen molar-refractivity contribution in [1.29, 1.82) is 0 Å². The van der Waals surface area contributed by atoms with Crippen molar-refractivity contribution in [2.75, 3.05) is 26.7 Å². The zero-order chi connectivity index (χ0) is 9.80. The first kappa shape index (κ1) is 10.1. The number of likely N-dealkylation sites (N-methyl/N-ethyl adjacent to an activating group) is 1. The summed E-state index contributed by atoms with van der Waals surface area (Å²) < 4.78 is 0. The van der Waals surface area contributed by atoms with E-state index in [1.165, 1.54) is 30.8 Å². The number of rotatable bonds is 4. The minimum Gasteiger partial charge on any atom is -0.312 e. The fourth-order valence-electron chi connectivity index (χ4n) is 1.96. The maximum absolute atomic E-state index is 3.62. The molecular weight excluding hydrogens is 192 g/mol. The fraction of sp³-hybridized carbons (Fsp3) is 0.636. The minimum absolute atomic E-state index is 0.722. The summed E-state index contributed by atoms with van der Waals surface area (Å²) >= 11 is 1.86. The SMILES string of the molecule is CN1CCC(NCCc2cccs2)C1. The summed E-state index contributed by atoms with van der Waals surface area (Å²) in [6.07, 6.45) is 2.48. The van der Waals surface area contributed by atoms with Crippen LogP contribution in [0.4, 0.5) is 0 Å². The van der Waals surface area contributed by atoms with Crippen LogP contribution in [-0.4, -0.2) is 37.6 Å². The summed E-state index contributed by atoms with van der Waals surface area (Å²) in [6, 6.07) is 5.07. The van der Waals surface area contributed by atoms with Crippen molar-refractivity contribution in [2.45, 2.75) is 18.9 Å². The minimum atomic E-state index is 0.722. The average molecular weight is 210 g/mol. The summed E-state index contributed by atoms with van der Waals surface area (Å²) in [4.78, 5) is 3.88. The van der Waals surface area contributed by atoms with Gasteiger partial charge in [0.1, 0.15) is 0 Å². The Labute approximate surface area is 89.9 Å². The van der Waals surface area contributed by atoms with Crippen LogP contribution in [0.15, 0.2) is 17.5 Å². The molecule has 78 valence electrons. The Balaban J connectivity index is 1.64. The molecule has 1 saturated heterocycles. The van der Waals surface area contributed by atoms with Crippen LogP contribution < -0.4 is 5.32 Å². The zero-order valence-electron chi connectivity index (χ0n) is 8.70. The second kappa shape index (κ2) is 4.91. The molecule has 1 aromatic heterocycles. The van der Waals surface area contributed by atoms with Crippen LogP contribution in [0.5, 0.6) is 0 Å². The Morgan fingerprint density at radius 1 is 1.64 bits per heavy atom. The van der Waals surface area contributed by atoms with Crippen LogP contribution in [0.1, 0.15) is 11.3 Å². The quantitative estimate of drug-likeness (QED) is 0.812. The van der Waals surface area contributed by atoms with Crippen molar-refractivity contribution in [3.05, 3.63) is 22.4 Å². The van der Waals surface area contributed by atoms with E-state index in [0.717, 1.165) is 12.6 Å².